The third-order valence-corrected chi connectivity index (χ3v) is 5.15. The maximum Gasteiger partial charge on any atom is 0.314 e. The van der Waals surface area contributed by atoms with Crippen LogP contribution in [0.1, 0.15) is 84.0 Å². The van der Waals surface area contributed by atoms with Crippen LogP contribution in [0.2, 0.25) is 0 Å². The predicted molar refractivity (Wildman–Crippen MR) is 95.9 cm³/mol. The highest BCUT2D eigenvalue weighted by Gasteiger charge is 2.44. The highest BCUT2D eigenvalue weighted by molar-refractivity contribution is 5.75. The van der Waals surface area contributed by atoms with E-state index in [9.17, 15) is 25.2 Å². The molecule has 0 saturated heterocycles. The second-order valence-electron chi connectivity index (χ2n) is 6.98. The van der Waals surface area contributed by atoms with Crippen molar-refractivity contribution in [1.82, 2.24) is 0 Å². The lowest BCUT2D eigenvalue weighted by molar-refractivity contribution is -0.162. The second-order valence-corrected chi connectivity index (χ2v) is 6.98. The van der Waals surface area contributed by atoms with Gasteiger partial charge in [0, 0.05) is 12.5 Å². The summed E-state index contributed by atoms with van der Waals surface area (Å²) in [5.74, 6) is -1.85. The zero-order chi connectivity index (χ0) is 18.3. The van der Waals surface area contributed by atoms with E-state index in [4.69, 9.17) is 0 Å². The Balaban J connectivity index is 3.83. The molecule has 1 atom stereocenters. The lowest BCUT2D eigenvalue weighted by Crippen LogP contribution is -2.46. The largest absolute Gasteiger partial charge is 0.481 e. The molecule has 0 spiro atoms. The smallest absolute Gasteiger partial charge is 0.314 e. The summed E-state index contributed by atoms with van der Waals surface area (Å²) in [6.07, 6.45) is 13.8. The monoisotopic (exact) mass is 346 g/mol. The second kappa shape index (κ2) is 14.7. The van der Waals surface area contributed by atoms with Crippen LogP contribution in [0.4, 0.5) is 0 Å². The first-order valence-electron chi connectivity index (χ1n) is 9.65. The maximum absolute atomic E-state index is 11.4. The van der Waals surface area contributed by atoms with Crippen molar-refractivity contribution in [2.24, 2.45) is 11.3 Å². The van der Waals surface area contributed by atoms with Crippen LogP contribution in [0.5, 0.6) is 0 Å². The Bertz CT molecular complexity index is 302. The number of aliphatic carboxylic acids is 1. The molecule has 0 aromatic rings. The molecule has 0 saturated carbocycles. The molecule has 0 radical (unpaired) electrons. The highest BCUT2D eigenvalue weighted by Crippen LogP contribution is 2.31. The van der Waals surface area contributed by atoms with Gasteiger partial charge in [0.25, 0.3) is 0 Å². The predicted octanol–water partition coefficient (Wildman–Crippen LogP) is 3.35. The van der Waals surface area contributed by atoms with Gasteiger partial charge in [-0.15, -0.1) is 0 Å². The van der Waals surface area contributed by atoms with Crippen molar-refractivity contribution < 1.29 is 25.2 Å². The molecule has 5 nitrogen and oxygen atoms in total. The average molecular weight is 347 g/mol. The van der Waals surface area contributed by atoms with Crippen LogP contribution in [-0.4, -0.2) is 46.2 Å². The number of carboxylic acid groups (broad SMARTS) is 1. The summed E-state index contributed by atoms with van der Waals surface area (Å²) in [5, 5.41) is 37.5. The Kier molecular flexibility index (Phi) is 14.3. The third-order valence-electron chi connectivity index (χ3n) is 5.15. The van der Waals surface area contributed by atoms with Gasteiger partial charge in [-0.25, -0.2) is 0 Å². The Morgan fingerprint density at radius 1 is 0.792 bits per heavy atom. The summed E-state index contributed by atoms with van der Waals surface area (Å²) in [4.78, 5) is 11.4. The average Bonchev–Trinajstić information content (AvgIpc) is 2.58. The molecule has 0 amide bonds. The fourth-order valence-electron chi connectivity index (χ4n) is 3.22. The number of unbranched alkanes of at least 4 members (excludes halogenated alkanes) is 10. The molecule has 24 heavy (non-hydrogen) atoms. The topological polar surface area (TPSA) is 98.0 Å². The minimum absolute atomic E-state index is 0.328. The van der Waals surface area contributed by atoms with Crippen molar-refractivity contribution in [1.29, 1.82) is 0 Å². The number of hydrogen-bond acceptors (Lipinski definition) is 4. The number of aliphatic hydroxyl groups excluding tert-OH is 3. The van der Waals surface area contributed by atoms with E-state index in [0.29, 0.717) is 6.42 Å². The summed E-state index contributed by atoms with van der Waals surface area (Å²) in [6.45, 7) is 0.596. The standard InChI is InChI=1S/C19H38O5/c1-2-3-4-5-6-7-8-9-10-11-12-13-17(14-20)19(15-21,16-22)18(23)24/h17,20-22H,2-16H2,1H3,(H,23,24). The summed E-state index contributed by atoms with van der Waals surface area (Å²) in [6, 6.07) is 0. The summed E-state index contributed by atoms with van der Waals surface area (Å²) >= 11 is 0. The summed E-state index contributed by atoms with van der Waals surface area (Å²) < 4.78 is 0. The van der Waals surface area contributed by atoms with Crippen molar-refractivity contribution in [3.63, 3.8) is 0 Å². The van der Waals surface area contributed by atoms with Crippen LogP contribution >= 0.6 is 0 Å². The van der Waals surface area contributed by atoms with Crippen molar-refractivity contribution in [2.45, 2.75) is 84.0 Å². The first-order chi connectivity index (χ1) is 11.6. The molecular formula is C19H38O5. The lowest BCUT2D eigenvalue weighted by atomic mass is 9.74. The number of rotatable bonds is 17. The van der Waals surface area contributed by atoms with Crippen LogP contribution in [0, 0.1) is 11.3 Å². The van der Waals surface area contributed by atoms with Gasteiger partial charge >= 0.3 is 5.97 Å². The SMILES string of the molecule is CCCCCCCCCCCCCC(CO)C(CO)(CO)C(=O)O. The first kappa shape index (κ1) is 23.4. The van der Waals surface area contributed by atoms with E-state index < -0.39 is 30.5 Å². The van der Waals surface area contributed by atoms with E-state index in [-0.39, 0.29) is 6.61 Å². The molecule has 0 aromatic carbocycles. The number of carboxylic acids is 1. The highest BCUT2D eigenvalue weighted by atomic mass is 16.4. The van der Waals surface area contributed by atoms with Crippen molar-refractivity contribution >= 4 is 5.97 Å². The molecule has 0 aliphatic heterocycles. The van der Waals surface area contributed by atoms with Crippen LogP contribution in [0.25, 0.3) is 0 Å². The van der Waals surface area contributed by atoms with E-state index in [1.807, 2.05) is 0 Å². The molecule has 4 N–H and O–H groups in total. The van der Waals surface area contributed by atoms with Gasteiger partial charge in [0.05, 0.1) is 13.2 Å². The van der Waals surface area contributed by atoms with Crippen LogP contribution < -0.4 is 0 Å². The number of aliphatic hydroxyl groups is 3. The van der Waals surface area contributed by atoms with Gasteiger partial charge in [0.2, 0.25) is 0 Å². The van der Waals surface area contributed by atoms with Crippen molar-refractivity contribution in [3.8, 4) is 0 Å². The van der Waals surface area contributed by atoms with Gasteiger partial charge in [-0.2, -0.15) is 0 Å². The molecule has 1 unspecified atom stereocenters. The van der Waals surface area contributed by atoms with E-state index >= 15 is 0 Å². The Hall–Kier alpha value is -0.650. The molecule has 144 valence electrons. The van der Waals surface area contributed by atoms with Crippen molar-refractivity contribution in [3.05, 3.63) is 0 Å². The minimum atomic E-state index is -1.63. The molecule has 0 fully saturated rings. The van der Waals surface area contributed by atoms with Crippen LogP contribution in [0.15, 0.2) is 0 Å². The molecule has 0 aliphatic rings. The van der Waals surface area contributed by atoms with Gasteiger partial charge in [-0.1, -0.05) is 77.6 Å². The molecule has 0 rings (SSSR count). The van der Waals surface area contributed by atoms with Gasteiger partial charge in [0.1, 0.15) is 5.41 Å². The Labute approximate surface area is 147 Å². The van der Waals surface area contributed by atoms with Gasteiger partial charge < -0.3 is 20.4 Å². The van der Waals surface area contributed by atoms with E-state index in [0.717, 1.165) is 19.3 Å². The Morgan fingerprint density at radius 2 is 1.21 bits per heavy atom. The number of carbonyl (C=O) groups is 1. The molecule has 5 heteroatoms. The van der Waals surface area contributed by atoms with E-state index in [2.05, 4.69) is 6.92 Å². The van der Waals surface area contributed by atoms with Gasteiger partial charge in [-0.3, -0.25) is 4.79 Å². The molecule has 0 aliphatic carbocycles. The minimum Gasteiger partial charge on any atom is -0.481 e. The number of hydrogen-bond donors (Lipinski definition) is 4. The summed E-state index contributed by atoms with van der Waals surface area (Å²) in [7, 11) is 0. The lowest BCUT2D eigenvalue weighted by Gasteiger charge is -2.32. The first-order valence-corrected chi connectivity index (χ1v) is 9.65. The maximum atomic E-state index is 11.4. The van der Waals surface area contributed by atoms with Crippen molar-refractivity contribution in [2.75, 3.05) is 19.8 Å². The zero-order valence-electron chi connectivity index (χ0n) is 15.4. The molecule has 0 heterocycles. The van der Waals surface area contributed by atoms with Crippen LogP contribution in [-0.2, 0) is 4.79 Å². The molecule has 0 bridgehead atoms. The Morgan fingerprint density at radius 3 is 1.54 bits per heavy atom. The van der Waals surface area contributed by atoms with E-state index in [1.165, 1.54) is 51.4 Å². The fourth-order valence-corrected chi connectivity index (χ4v) is 3.22. The molecular weight excluding hydrogens is 308 g/mol. The van der Waals surface area contributed by atoms with Gasteiger partial charge in [0.15, 0.2) is 0 Å². The normalized spacial score (nSPS) is 13.2. The quantitative estimate of drug-likeness (QED) is 0.303. The summed E-state index contributed by atoms with van der Waals surface area (Å²) in [5.41, 5.74) is -1.63. The van der Waals surface area contributed by atoms with Crippen LogP contribution in [0.3, 0.4) is 0 Å². The van der Waals surface area contributed by atoms with Gasteiger partial charge in [-0.05, 0) is 6.42 Å². The third kappa shape index (κ3) is 8.45. The zero-order valence-corrected chi connectivity index (χ0v) is 15.4. The molecule has 0 aromatic heterocycles. The fraction of sp³-hybridized carbons (Fsp3) is 0.947. The van der Waals surface area contributed by atoms with E-state index in [1.54, 1.807) is 0 Å².